The van der Waals surface area contributed by atoms with Crippen molar-refractivity contribution >= 4 is 5.69 Å². The van der Waals surface area contributed by atoms with Gasteiger partial charge >= 0.3 is 0 Å². The molecule has 0 saturated heterocycles. The molecule has 0 aliphatic heterocycles. The monoisotopic (exact) mass is 236 g/mol. The Morgan fingerprint density at radius 3 is 2.47 bits per heavy atom. The minimum atomic E-state index is 0.597. The van der Waals surface area contributed by atoms with Gasteiger partial charge in [-0.15, -0.1) is 0 Å². The predicted molar refractivity (Wildman–Crippen MR) is 74.0 cm³/mol. The highest BCUT2D eigenvalue weighted by Gasteiger charge is 2.02. The second-order valence-corrected chi connectivity index (χ2v) is 4.38. The molecule has 1 aromatic carbocycles. The highest BCUT2D eigenvalue weighted by molar-refractivity contribution is 5.48. The maximum Gasteiger partial charge on any atom is 0.119 e. The van der Waals surface area contributed by atoms with Gasteiger partial charge in [-0.1, -0.05) is 6.92 Å². The lowest BCUT2D eigenvalue weighted by Gasteiger charge is -2.21. The number of likely N-dealkylation sites (N-methyl/N-ethyl adjacent to an activating group) is 1. The normalized spacial score (nSPS) is 12.2. The van der Waals surface area contributed by atoms with Crippen molar-refractivity contribution in [1.82, 2.24) is 5.32 Å². The predicted octanol–water partition coefficient (Wildman–Crippen LogP) is 2.52. The molecule has 0 heterocycles. The average molecular weight is 236 g/mol. The van der Waals surface area contributed by atoms with E-state index in [4.69, 9.17) is 4.74 Å². The van der Waals surface area contributed by atoms with E-state index in [2.05, 4.69) is 43.2 Å². The lowest BCUT2D eigenvalue weighted by Crippen LogP contribution is -2.33. The van der Waals surface area contributed by atoms with E-state index in [0.717, 1.165) is 18.8 Å². The Morgan fingerprint density at radius 1 is 1.29 bits per heavy atom. The van der Waals surface area contributed by atoms with Gasteiger partial charge in [0.2, 0.25) is 0 Å². The molecule has 3 heteroatoms. The number of hydrogen-bond acceptors (Lipinski definition) is 3. The second-order valence-electron chi connectivity index (χ2n) is 4.38. The number of anilines is 1. The number of nitrogens with zero attached hydrogens (tertiary/aromatic N) is 1. The summed E-state index contributed by atoms with van der Waals surface area (Å²) in [6.07, 6.45) is 1.17. The summed E-state index contributed by atoms with van der Waals surface area (Å²) in [5, 5.41) is 3.49. The molecule has 1 aromatic rings. The van der Waals surface area contributed by atoms with Crippen molar-refractivity contribution in [1.29, 1.82) is 0 Å². The first-order valence-corrected chi connectivity index (χ1v) is 6.26. The molecule has 0 aromatic heterocycles. The number of methoxy groups -OCH3 is 1. The van der Waals surface area contributed by atoms with Crippen molar-refractivity contribution in [3.63, 3.8) is 0 Å². The maximum atomic E-state index is 5.15. The van der Waals surface area contributed by atoms with Crippen molar-refractivity contribution < 1.29 is 4.74 Å². The number of hydrogen-bond donors (Lipinski definition) is 1. The topological polar surface area (TPSA) is 24.5 Å². The summed E-state index contributed by atoms with van der Waals surface area (Å²) >= 11 is 0. The van der Waals surface area contributed by atoms with E-state index in [1.54, 1.807) is 7.11 Å². The van der Waals surface area contributed by atoms with Crippen LogP contribution in [0.5, 0.6) is 5.75 Å². The fourth-order valence-electron chi connectivity index (χ4n) is 1.59. The van der Waals surface area contributed by atoms with E-state index in [1.165, 1.54) is 12.1 Å². The molecule has 0 saturated carbocycles. The Bertz CT molecular complexity index is 311. The molecule has 0 radical (unpaired) electrons. The van der Waals surface area contributed by atoms with Crippen LogP contribution in [0.25, 0.3) is 0 Å². The molecule has 1 atom stereocenters. The van der Waals surface area contributed by atoms with E-state index in [-0.39, 0.29) is 0 Å². The molecule has 96 valence electrons. The van der Waals surface area contributed by atoms with Gasteiger partial charge < -0.3 is 15.0 Å². The fourth-order valence-corrected chi connectivity index (χ4v) is 1.59. The molecule has 0 aliphatic rings. The zero-order chi connectivity index (χ0) is 12.7. The number of rotatable bonds is 7. The lowest BCUT2D eigenvalue weighted by molar-refractivity contribution is 0.415. The molecule has 0 aliphatic carbocycles. The van der Waals surface area contributed by atoms with Crippen LogP contribution in [-0.4, -0.2) is 33.3 Å². The Morgan fingerprint density at radius 2 is 1.94 bits per heavy atom. The van der Waals surface area contributed by atoms with Crippen LogP contribution in [0.2, 0.25) is 0 Å². The quantitative estimate of drug-likeness (QED) is 0.787. The summed E-state index contributed by atoms with van der Waals surface area (Å²) in [5.74, 6) is 0.903. The van der Waals surface area contributed by atoms with Gasteiger partial charge in [-0.2, -0.15) is 0 Å². The van der Waals surface area contributed by atoms with Crippen LogP contribution in [0.4, 0.5) is 5.69 Å². The fraction of sp³-hybridized carbons (Fsp3) is 0.571. The standard InChI is InChI=1S/C14H24N2O/c1-5-12(2)15-10-11-16(3)13-6-8-14(17-4)9-7-13/h6-9,12,15H,5,10-11H2,1-4H3. The lowest BCUT2D eigenvalue weighted by atomic mass is 10.2. The summed E-state index contributed by atoms with van der Waals surface area (Å²) in [5.41, 5.74) is 1.22. The van der Waals surface area contributed by atoms with Gasteiger partial charge in [0.15, 0.2) is 0 Å². The average Bonchev–Trinajstić information content (AvgIpc) is 2.38. The molecule has 0 fully saturated rings. The summed E-state index contributed by atoms with van der Waals surface area (Å²) in [6, 6.07) is 8.76. The van der Waals surface area contributed by atoms with Crippen LogP contribution in [0.15, 0.2) is 24.3 Å². The first-order valence-electron chi connectivity index (χ1n) is 6.26. The first-order chi connectivity index (χ1) is 8.17. The summed E-state index contributed by atoms with van der Waals surface area (Å²) in [4.78, 5) is 2.24. The van der Waals surface area contributed by atoms with E-state index in [0.29, 0.717) is 6.04 Å². The number of nitrogens with one attached hydrogen (secondary N) is 1. The molecule has 1 unspecified atom stereocenters. The van der Waals surface area contributed by atoms with E-state index in [1.807, 2.05) is 12.1 Å². The van der Waals surface area contributed by atoms with Gasteiger partial charge in [0.1, 0.15) is 5.75 Å². The number of benzene rings is 1. The Kier molecular flexibility index (Phi) is 5.84. The highest BCUT2D eigenvalue weighted by Crippen LogP contribution is 2.17. The first kappa shape index (κ1) is 13.8. The van der Waals surface area contributed by atoms with Crippen molar-refractivity contribution in [2.45, 2.75) is 26.3 Å². The Labute approximate surface area is 105 Å². The molecule has 0 spiro atoms. The van der Waals surface area contributed by atoms with Gasteiger partial charge in [0.25, 0.3) is 0 Å². The molecule has 17 heavy (non-hydrogen) atoms. The van der Waals surface area contributed by atoms with Crippen LogP contribution in [-0.2, 0) is 0 Å². The van der Waals surface area contributed by atoms with Crippen molar-refractivity contribution in [2.75, 3.05) is 32.1 Å². The molecule has 3 nitrogen and oxygen atoms in total. The van der Waals surface area contributed by atoms with Crippen molar-refractivity contribution in [2.24, 2.45) is 0 Å². The molecule has 1 N–H and O–H groups in total. The third-order valence-electron chi connectivity index (χ3n) is 3.07. The van der Waals surface area contributed by atoms with E-state index in [9.17, 15) is 0 Å². The molecular formula is C14H24N2O. The molecule has 0 amide bonds. The third kappa shape index (κ3) is 4.65. The van der Waals surface area contributed by atoms with Crippen LogP contribution in [0, 0.1) is 0 Å². The van der Waals surface area contributed by atoms with Crippen LogP contribution < -0.4 is 15.0 Å². The molecule has 0 bridgehead atoms. The summed E-state index contributed by atoms with van der Waals surface area (Å²) in [6.45, 7) is 6.44. The zero-order valence-corrected chi connectivity index (χ0v) is 11.4. The minimum absolute atomic E-state index is 0.597. The molecule has 1 rings (SSSR count). The van der Waals surface area contributed by atoms with Crippen LogP contribution in [0.3, 0.4) is 0 Å². The summed E-state index contributed by atoms with van der Waals surface area (Å²) < 4.78 is 5.15. The maximum absolute atomic E-state index is 5.15. The second kappa shape index (κ2) is 7.17. The minimum Gasteiger partial charge on any atom is -0.497 e. The Hall–Kier alpha value is -1.22. The highest BCUT2D eigenvalue weighted by atomic mass is 16.5. The van der Waals surface area contributed by atoms with Gasteiger partial charge in [-0.3, -0.25) is 0 Å². The largest absolute Gasteiger partial charge is 0.497 e. The van der Waals surface area contributed by atoms with E-state index < -0.39 is 0 Å². The van der Waals surface area contributed by atoms with Gasteiger partial charge in [0, 0.05) is 31.9 Å². The van der Waals surface area contributed by atoms with Crippen LogP contribution >= 0.6 is 0 Å². The molecular weight excluding hydrogens is 212 g/mol. The zero-order valence-electron chi connectivity index (χ0n) is 11.4. The Balaban J connectivity index is 2.38. The van der Waals surface area contributed by atoms with Gasteiger partial charge in [-0.05, 0) is 37.6 Å². The van der Waals surface area contributed by atoms with E-state index >= 15 is 0 Å². The summed E-state index contributed by atoms with van der Waals surface area (Å²) in [7, 11) is 3.80. The van der Waals surface area contributed by atoms with Gasteiger partial charge in [0.05, 0.1) is 7.11 Å². The smallest absolute Gasteiger partial charge is 0.119 e. The van der Waals surface area contributed by atoms with Gasteiger partial charge in [-0.25, -0.2) is 0 Å². The van der Waals surface area contributed by atoms with Crippen molar-refractivity contribution in [3.05, 3.63) is 24.3 Å². The third-order valence-corrected chi connectivity index (χ3v) is 3.07. The van der Waals surface area contributed by atoms with Crippen LogP contribution in [0.1, 0.15) is 20.3 Å². The number of ether oxygens (including phenoxy) is 1. The SMILES string of the molecule is CCC(C)NCCN(C)c1ccc(OC)cc1. The van der Waals surface area contributed by atoms with Crippen molar-refractivity contribution in [3.8, 4) is 5.75 Å².